The number of nitrogens with one attached hydrogen (secondary N) is 2. The number of carbonyl (C=O) groups is 2. The van der Waals surface area contributed by atoms with E-state index in [-0.39, 0.29) is 5.11 Å². The van der Waals surface area contributed by atoms with Crippen molar-refractivity contribution in [2.45, 2.75) is 0 Å². The lowest BCUT2D eigenvalue weighted by molar-refractivity contribution is -0.115. The van der Waals surface area contributed by atoms with Crippen molar-refractivity contribution in [3.63, 3.8) is 0 Å². The molecule has 0 bridgehead atoms. The maximum Gasteiger partial charge on any atom is 0.250 e. The number of hydrogen-bond donors (Lipinski definition) is 2. The number of halogens is 2. The van der Waals surface area contributed by atoms with Gasteiger partial charge in [-0.3, -0.25) is 14.9 Å². The highest BCUT2D eigenvalue weighted by atomic mass is 35.5. The van der Waals surface area contributed by atoms with Crippen LogP contribution in [0.5, 0.6) is 0 Å². The predicted octanol–water partition coefficient (Wildman–Crippen LogP) is 2.56. The van der Waals surface area contributed by atoms with Gasteiger partial charge in [0.1, 0.15) is 6.29 Å². The molecule has 94 valence electrons. The van der Waals surface area contributed by atoms with Gasteiger partial charge in [-0.15, -0.1) is 0 Å². The van der Waals surface area contributed by atoms with Crippen LogP contribution in [0.15, 0.2) is 30.4 Å². The summed E-state index contributed by atoms with van der Waals surface area (Å²) in [5.41, 5.74) is 0.408. The highest BCUT2D eigenvalue weighted by Gasteiger charge is 2.08. The van der Waals surface area contributed by atoms with E-state index in [0.29, 0.717) is 22.0 Å². The normalized spacial score (nSPS) is 10.1. The molecule has 0 radical (unpaired) electrons. The van der Waals surface area contributed by atoms with Crippen molar-refractivity contribution >= 4 is 58.4 Å². The van der Waals surface area contributed by atoms with E-state index in [1.165, 1.54) is 0 Å². The molecule has 0 atom stereocenters. The van der Waals surface area contributed by atoms with Gasteiger partial charge in [-0.05, 0) is 30.4 Å². The van der Waals surface area contributed by atoms with E-state index in [1.54, 1.807) is 18.2 Å². The van der Waals surface area contributed by atoms with Crippen LogP contribution in [-0.2, 0) is 9.59 Å². The number of anilines is 1. The molecule has 18 heavy (non-hydrogen) atoms. The van der Waals surface area contributed by atoms with E-state index >= 15 is 0 Å². The Hall–Kier alpha value is -1.43. The molecule has 7 heteroatoms. The van der Waals surface area contributed by atoms with Crippen LogP contribution in [0.2, 0.25) is 10.0 Å². The molecule has 0 saturated carbocycles. The lowest BCUT2D eigenvalue weighted by atomic mass is 10.3. The lowest BCUT2D eigenvalue weighted by Crippen LogP contribution is -2.33. The van der Waals surface area contributed by atoms with Crippen molar-refractivity contribution in [3.8, 4) is 0 Å². The Bertz CT molecular complexity index is 498. The molecule has 1 aromatic rings. The second kappa shape index (κ2) is 7.10. The third-order valence-electron chi connectivity index (χ3n) is 1.76. The number of carbonyl (C=O) groups excluding carboxylic acids is 2. The Morgan fingerprint density at radius 1 is 1.28 bits per heavy atom. The number of aldehydes is 1. The summed E-state index contributed by atoms with van der Waals surface area (Å²) in [5, 5.41) is 5.82. The molecule has 0 aliphatic heterocycles. The molecule has 0 saturated heterocycles. The Kier molecular flexibility index (Phi) is 5.77. The number of benzene rings is 1. The van der Waals surface area contributed by atoms with Gasteiger partial charge >= 0.3 is 0 Å². The van der Waals surface area contributed by atoms with Gasteiger partial charge in [0, 0.05) is 6.08 Å². The lowest BCUT2D eigenvalue weighted by Gasteiger charge is -2.11. The van der Waals surface area contributed by atoms with Crippen LogP contribution in [0.3, 0.4) is 0 Å². The van der Waals surface area contributed by atoms with Crippen LogP contribution in [0.25, 0.3) is 0 Å². The first-order valence-corrected chi connectivity index (χ1v) is 5.89. The van der Waals surface area contributed by atoms with E-state index in [1.807, 2.05) is 0 Å². The SMILES string of the molecule is O=C/C=C/C(=O)NC(=S)Nc1c(Cl)cccc1Cl. The molecule has 0 fully saturated rings. The molecule has 0 heterocycles. The summed E-state index contributed by atoms with van der Waals surface area (Å²) in [6.45, 7) is 0. The summed E-state index contributed by atoms with van der Waals surface area (Å²) in [6, 6.07) is 4.95. The van der Waals surface area contributed by atoms with E-state index < -0.39 is 5.91 Å². The predicted molar refractivity (Wildman–Crippen MR) is 76.0 cm³/mol. The summed E-state index contributed by atoms with van der Waals surface area (Å²) in [4.78, 5) is 21.2. The highest BCUT2D eigenvalue weighted by Crippen LogP contribution is 2.29. The Labute approximate surface area is 119 Å². The van der Waals surface area contributed by atoms with Crippen molar-refractivity contribution in [2.75, 3.05) is 5.32 Å². The van der Waals surface area contributed by atoms with Gasteiger partial charge in [0.25, 0.3) is 0 Å². The first-order valence-electron chi connectivity index (χ1n) is 4.72. The monoisotopic (exact) mass is 302 g/mol. The van der Waals surface area contributed by atoms with Crippen LogP contribution in [0.1, 0.15) is 0 Å². The zero-order valence-corrected chi connectivity index (χ0v) is 11.3. The summed E-state index contributed by atoms with van der Waals surface area (Å²) < 4.78 is 0. The van der Waals surface area contributed by atoms with Crippen LogP contribution in [-0.4, -0.2) is 17.3 Å². The largest absolute Gasteiger partial charge is 0.330 e. The zero-order chi connectivity index (χ0) is 13.5. The highest BCUT2D eigenvalue weighted by molar-refractivity contribution is 7.80. The third kappa shape index (κ3) is 4.44. The van der Waals surface area contributed by atoms with E-state index in [0.717, 1.165) is 12.2 Å². The molecular weight excluding hydrogens is 295 g/mol. The minimum atomic E-state index is -0.525. The summed E-state index contributed by atoms with van der Waals surface area (Å²) in [7, 11) is 0. The fourth-order valence-electron chi connectivity index (χ4n) is 1.04. The number of thiocarbonyl (C=S) groups is 1. The zero-order valence-electron chi connectivity index (χ0n) is 8.94. The maximum absolute atomic E-state index is 11.2. The number of para-hydroxylation sites is 1. The average molecular weight is 303 g/mol. The molecule has 0 aliphatic carbocycles. The molecule has 0 spiro atoms. The van der Waals surface area contributed by atoms with E-state index in [4.69, 9.17) is 35.4 Å². The number of amides is 1. The Morgan fingerprint density at radius 3 is 2.44 bits per heavy atom. The molecule has 4 nitrogen and oxygen atoms in total. The van der Waals surface area contributed by atoms with Gasteiger partial charge in [0.15, 0.2) is 5.11 Å². The van der Waals surface area contributed by atoms with Gasteiger partial charge in [-0.2, -0.15) is 0 Å². The van der Waals surface area contributed by atoms with Crippen molar-refractivity contribution in [2.24, 2.45) is 0 Å². The smallest absolute Gasteiger partial charge is 0.250 e. The van der Waals surface area contributed by atoms with E-state index in [9.17, 15) is 9.59 Å². The standard InChI is InChI=1S/C11H8Cl2N2O2S/c12-7-3-1-4-8(13)10(7)15-11(18)14-9(17)5-2-6-16/h1-6H,(H2,14,15,17,18)/b5-2+. The second-order valence-corrected chi connectivity index (χ2v) is 4.26. The number of rotatable bonds is 3. The van der Waals surface area contributed by atoms with Crippen LogP contribution in [0.4, 0.5) is 5.69 Å². The number of allylic oxidation sites excluding steroid dienone is 1. The first kappa shape index (κ1) is 14.6. The fraction of sp³-hybridized carbons (Fsp3) is 0. The molecule has 0 unspecified atom stereocenters. The van der Waals surface area contributed by atoms with Crippen LogP contribution in [0, 0.1) is 0 Å². The number of hydrogen-bond acceptors (Lipinski definition) is 3. The average Bonchev–Trinajstić information content (AvgIpc) is 2.31. The van der Waals surface area contributed by atoms with Crippen molar-refractivity contribution < 1.29 is 9.59 Å². The molecular formula is C11H8Cl2N2O2S. The van der Waals surface area contributed by atoms with Gasteiger partial charge in [-0.1, -0.05) is 29.3 Å². The summed E-state index contributed by atoms with van der Waals surface area (Å²) in [5.74, 6) is -0.525. The van der Waals surface area contributed by atoms with Crippen LogP contribution < -0.4 is 10.6 Å². The van der Waals surface area contributed by atoms with Gasteiger partial charge in [-0.25, -0.2) is 0 Å². The summed E-state index contributed by atoms with van der Waals surface area (Å²) >= 11 is 16.7. The van der Waals surface area contributed by atoms with Gasteiger partial charge < -0.3 is 5.32 Å². The second-order valence-electron chi connectivity index (χ2n) is 3.04. The topological polar surface area (TPSA) is 58.2 Å². The van der Waals surface area contributed by atoms with Crippen molar-refractivity contribution in [1.82, 2.24) is 5.32 Å². The quantitative estimate of drug-likeness (QED) is 0.512. The van der Waals surface area contributed by atoms with Gasteiger partial charge in [0.05, 0.1) is 15.7 Å². The minimum Gasteiger partial charge on any atom is -0.330 e. The molecule has 1 amide bonds. The van der Waals surface area contributed by atoms with Crippen LogP contribution >= 0.6 is 35.4 Å². The Balaban J connectivity index is 2.68. The van der Waals surface area contributed by atoms with Gasteiger partial charge in [0.2, 0.25) is 5.91 Å². The van der Waals surface area contributed by atoms with Crippen molar-refractivity contribution in [3.05, 3.63) is 40.4 Å². The molecule has 0 aromatic heterocycles. The van der Waals surface area contributed by atoms with Crippen molar-refractivity contribution in [1.29, 1.82) is 0 Å². The minimum absolute atomic E-state index is 0.0329. The fourth-order valence-corrected chi connectivity index (χ4v) is 1.74. The maximum atomic E-state index is 11.2. The third-order valence-corrected chi connectivity index (χ3v) is 2.60. The summed E-state index contributed by atoms with van der Waals surface area (Å²) in [6.07, 6.45) is 2.59. The van der Waals surface area contributed by atoms with E-state index in [2.05, 4.69) is 10.6 Å². The Morgan fingerprint density at radius 2 is 1.89 bits per heavy atom. The first-order chi connectivity index (χ1) is 8.54. The molecule has 0 aliphatic rings. The molecule has 2 N–H and O–H groups in total. The molecule has 1 rings (SSSR count). The molecule has 1 aromatic carbocycles.